The summed E-state index contributed by atoms with van der Waals surface area (Å²) in [7, 11) is 1.36. The second-order valence-electron chi connectivity index (χ2n) is 7.16. The van der Waals surface area contributed by atoms with Gasteiger partial charge in [0.2, 0.25) is 0 Å². The van der Waals surface area contributed by atoms with Crippen molar-refractivity contribution in [3.63, 3.8) is 0 Å². The van der Waals surface area contributed by atoms with E-state index in [2.05, 4.69) is 9.97 Å². The van der Waals surface area contributed by atoms with Gasteiger partial charge in [0.15, 0.2) is 17.3 Å². The molecule has 1 atom stereocenters. The lowest BCUT2D eigenvalue weighted by atomic mass is 9.95. The van der Waals surface area contributed by atoms with Crippen LogP contribution in [-0.2, 0) is 17.5 Å². The third-order valence-electron chi connectivity index (χ3n) is 5.18. The van der Waals surface area contributed by atoms with Crippen LogP contribution in [0.25, 0.3) is 10.8 Å². The average molecular weight is 474 g/mol. The molecule has 32 heavy (non-hydrogen) atoms. The molecule has 1 amide bonds. The number of hydrogen-bond donors (Lipinski definition) is 1. The molecule has 1 aliphatic rings. The van der Waals surface area contributed by atoms with Crippen LogP contribution in [0.15, 0.2) is 29.2 Å². The van der Waals surface area contributed by atoms with Crippen molar-refractivity contribution in [1.82, 2.24) is 14.9 Å². The molecule has 0 unspecified atom stereocenters. The number of carbonyl (C=O) groups is 1. The number of likely N-dealkylation sites (N-methyl/N-ethyl adjacent to an activating group) is 1. The number of H-pyrrole nitrogens is 1. The van der Waals surface area contributed by atoms with Crippen LogP contribution in [0.1, 0.15) is 33.4 Å². The summed E-state index contributed by atoms with van der Waals surface area (Å²) < 4.78 is 71.8. The van der Waals surface area contributed by atoms with Crippen LogP contribution in [0.4, 0.5) is 22.0 Å². The smallest absolute Gasteiger partial charge is 0.373 e. The van der Waals surface area contributed by atoms with Crippen molar-refractivity contribution < 1.29 is 31.5 Å². The van der Waals surface area contributed by atoms with Crippen molar-refractivity contribution in [2.24, 2.45) is 0 Å². The molecule has 3 heterocycles. The van der Waals surface area contributed by atoms with Crippen LogP contribution < -0.4 is 5.56 Å². The second kappa shape index (κ2) is 7.82. The zero-order chi connectivity index (χ0) is 23.4. The van der Waals surface area contributed by atoms with Gasteiger partial charge in [-0.05, 0) is 23.6 Å². The highest BCUT2D eigenvalue weighted by molar-refractivity contribution is 6.31. The maximum atomic E-state index is 14.0. The van der Waals surface area contributed by atoms with Gasteiger partial charge in [0.1, 0.15) is 0 Å². The van der Waals surface area contributed by atoms with Gasteiger partial charge in [-0.25, -0.2) is 13.8 Å². The van der Waals surface area contributed by atoms with Crippen LogP contribution in [0, 0.1) is 11.6 Å². The maximum Gasteiger partial charge on any atom is 0.434 e. The third-order valence-corrected chi connectivity index (χ3v) is 5.47. The van der Waals surface area contributed by atoms with E-state index >= 15 is 0 Å². The lowest BCUT2D eigenvalue weighted by Gasteiger charge is -2.34. The molecule has 4 rings (SSSR count). The van der Waals surface area contributed by atoms with E-state index in [1.165, 1.54) is 7.05 Å². The Morgan fingerprint density at radius 1 is 1.22 bits per heavy atom. The number of nitrogens with one attached hydrogen (secondary N) is 1. The highest BCUT2D eigenvalue weighted by Crippen LogP contribution is 2.36. The van der Waals surface area contributed by atoms with Crippen molar-refractivity contribution in [2.45, 2.75) is 18.8 Å². The highest BCUT2D eigenvalue weighted by Gasteiger charge is 2.36. The number of hydrogen-bond acceptors (Lipinski definition) is 4. The highest BCUT2D eigenvalue weighted by atomic mass is 35.5. The summed E-state index contributed by atoms with van der Waals surface area (Å²) in [6, 6.07) is 1.61. The molecule has 1 aliphatic heterocycles. The Hall–Kier alpha value is -3.05. The van der Waals surface area contributed by atoms with Crippen LogP contribution in [-0.4, -0.2) is 34.4 Å². The van der Waals surface area contributed by atoms with Crippen molar-refractivity contribution in [3.05, 3.63) is 73.9 Å². The van der Waals surface area contributed by atoms with Crippen molar-refractivity contribution in [3.8, 4) is 0 Å². The van der Waals surface area contributed by atoms with Gasteiger partial charge >= 0.3 is 6.18 Å². The Morgan fingerprint density at radius 2 is 1.88 bits per heavy atom. The van der Waals surface area contributed by atoms with Gasteiger partial charge in [0, 0.05) is 24.5 Å². The van der Waals surface area contributed by atoms with Gasteiger partial charge < -0.3 is 14.6 Å². The van der Waals surface area contributed by atoms with Crippen LogP contribution in [0.2, 0.25) is 5.02 Å². The van der Waals surface area contributed by atoms with Gasteiger partial charge in [0.05, 0.1) is 35.2 Å². The van der Waals surface area contributed by atoms with E-state index in [1.807, 2.05) is 0 Å². The molecule has 0 radical (unpaired) electrons. The van der Waals surface area contributed by atoms with Gasteiger partial charge in [-0.1, -0.05) is 11.6 Å². The van der Waals surface area contributed by atoms with Gasteiger partial charge in [0.25, 0.3) is 11.5 Å². The average Bonchev–Trinajstić information content (AvgIpc) is 2.72. The lowest BCUT2D eigenvalue weighted by Crippen LogP contribution is -2.37. The molecule has 0 saturated carbocycles. The van der Waals surface area contributed by atoms with Crippen LogP contribution in [0.5, 0.6) is 0 Å². The molecule has 168 valence electrons. The fraction of sp³-hybridized carbons (Fsp3) is 0.250. The first kappa shape index (κ1) is 22.2. The first-order valence-electron chi connectivity index (χ1n) is 9.10. The minimum atomic E-state index is -4.79. The van der Waals surface area contributed by atoms with E-state index < -0.39 is 46.0 Å². The number of halogens is 6. The summed E-state index contributed by atoms with van der Waals surface area (Å²) in [5.41, 5.74) is -1.59. The molecule has 3 aromatic rings. The number of rotatable bonds is 2. The Kier molecular flexibility index (Phi) is 5.41. The molecule has 0 spiro atoms. The standard InChI is InChI=1S/C20H13ClF5N3O3/c1-29(19(31)8-2-11(21)17(27-5-8)20(24,25)26)15-7-32-6-14-16(15)9-3-12(22)13(23)4-10(9)18(30)28-14/h2-5,15H,6-7H2,1H3,(H,28,30)/t15-/m1/s1. The summed E-state index contributed by atoms with van der Waals surface area (Å²) in [5.74, 6) is -3.12. The number of ether oxygens (including phenoxy) is 1. The fourth-order valence-corrected chi connectivity index (χ4v) is 3.93. The predicted octanol–water partition coefficient (Wildman–Crippen LogP) is 4.22. The Labute approximate surface area is 181 Å². The number of fused-ring (bicyclic) bond motifs is 3. The summed E-state index contributed by atoms with van der Waals surface area (Å²) >= 11 is 5.66. The Morgan fingerprint density at radius 3 is 2.50 bits per heavy atom. The largest absolute Gasteiger partial charge is 0.434 e. The van der Waals surface area contributed by atoms with E-state index in [4.69, 9.17) is 16.3 Å². The molecule has 6 nitrogen and oxygen atoms in total. The summed E-state index contributed by atoms with van der Waals surface area (Å²) in [6.45, 7) is -0.0944. The quantitative estimate of drug-likeness (QED) is 0.566. The van der Waals surface area contributed by atoms with E-state index in [9.17, 15) is 31.5 Å². The lowest BCUT2D eigenvalue weighted by molar-refractivity contribution is -0.141. The molecule has 0 bridgehead atoms. The zero-order valence-electron chi connectivity index (χ0n) is 16.2. The first-order valence-corrected chi connectivity index (χ1v) is 9.48. The molecule has 1 N–H and O–H groups in total. The van der Waals surface area contributed by atoms with E-state index in [-0.39, 0.29) is 35.2 Å². The number of alkyl halides is 3. The molecular formula is C20H13ClF5N3O3. The monoisotopic (exact) mass is 473 g/mol. The van der Waals surface area contributed by atoms with Crippen LogP contribution in [0.3, 0.4) is 0 Å². The third kappa shape index (κ3) is 3.71. The molecule has 2 aromatic heterocycles. The summed E-state index contributed by atoms with van der Waals surface area (Å²) in [6.07, 6.45) is -4.04. The number of aromatic amines is 1. The Balaban J connectivity index is 1.79. The van der Waals surface area contributed by atoms with Gasteiger partial charge in [-0.2, -0.15) is 13.2 Å². The normalized spacial score (nSPS) is 16.2. The maximum absolute atomic E-state index is 14.0. The number of aromatic nitrogens is 2. The van der Waals surface area contributed by atoms with E-state index in [1.54, 1.807) is 0 Å². The fourth-order valence-electron chi connectivity index (χ4n) is 3.66. The molecular weight excluding hydrogens is 461 g/mol. The number of pyridine rings is 2. The van der Waals surface area contributed by atoms with Gasteiger partial charge in [-0.15, -0.1) is 0 Å². The molecule has 0 saturated heterocycles. The number of benzene rings is 1. The first-order chi connectivity index (χ1) is 15.0. The zero-order valence-corrected chi connectivity index (χ0v) is 16.9. The van der Waals surface area contributed by atoms with Crippen molar-refractivity contribution >= 4 is 28.3 Å². The topological polar surface area (TPSA) is 75.3 Å². The SMILES string of the molecule is CN(C(=O)c1cnc(C(F)(F)F)c(Cl)c1)[C@@H]1COCc2[nH]c(=O)c3cc(F)c(F)cc3c21. The van der Waals surface area contributed by atoms with Crippen LogP contribution >= 0.6 is 11.6 Å². The van der Waals surface area contributed by atoms with Crippen molar-refractivity contribution in [1.29, 1.82) is 0 Å². The minimum absolute atomic E-state index is 0.0360. The minimum Gasteiger partial charge on any atom is -0.373 e. The second-order valence-corrected chi connectivity index (χ2v) is 7.56. The molecule has 0 fully saturated rings. The Bertz CT molecular complexity index is 1310. The summed E-state index contributed by atoms with van der Waals surface area (Å²) in [4.78, 5) is 32.2. The van der Waals surface area contributed by atoms with E-state index in [0.29, 0.717) is 5.56 Å². The number of carbonyl (C=O) groups excluding carboxylic acids is 1. The predicted molar refractivity (Wildman–Crippen MR) is 103 cm³/mol. The number of amides is 1. The van der Waals surface area contributed by atoms with Crippen molar-refractivity contribution in [2.75, 3.05) is 13.7 Å². The van der Waals surface area contributed by atoms with Gasteiger partial charge in [-0.3, -0.25) is 9.59 Å². The number of nitrogens with zero attached hydrogens (tertiary/aromatic N) is 2. The molecule has 12 heteroatoms. The van der Waals surface area contributed by atoms with E-state index in [0.717, 1.165) is 29.3 Å². The molecule has 1 aromatic carbocycles. The molecule has 0 aliphatic carbocycles. The summed E-state index contributed by atoms with van der Waals surface area (Å²) in [5, 5.41) is -0.766.